The molecule has 0 bridgehead atoms. The summed E-state index contributed by atoms with van der Waals surface area (Å²) in [6.45, 7) is 9.07. The van der Waals surface area contributed by atoms with Gasteiger partial charge in [0.15, 0.2) is 5.60 Å². The van der Waals surface area contributed by atoms with Crippen molar-refractivity contribution in [2.24, 2.45) is 0 Å². The van der Waals surface area contributed by atoms with Crippen LogP contribution < -0.4 is 15.0 Å². The van der Waals surface area contributed by atoms with Crippen molar-refractivity contribution in [3.63, 3.8) is 0 Å². The van der Waals surface area contributed by atoms with Crippen LogP contribution in [0.2, 0.25) is 0 Å². The molecule has 3 aromatic rings. The van der Waals surface area contributed by atoms with E-state index in [0.717, 1.165) is 19.9 Å². The third-order valence-electron chi connectivity index (χ3n) is 6.51. The van der Waals surface area contributed by atoms with Crippen LogP contribution in [0.3, 0.4) is 0 Å². The number of carbonyl (C=O) groups is 1. The van der Waals surface area contributed by atoms with Gasteiger partial charge in [0.1, 0.15) is 34.9 Å². The Bertz CT molecular complexity index is 1470. The molecule has 200 valence electrons. The largest absolute Gasteiger partial charge is 0.476 e. The first-order valence-electron chi connectivity index (χ1n) is 12.1. The second kappa shape index (κ2) is 9.17. The number of aromatic nitrogens is 2. The van der Waals surface area contributed by atoms with Gasteiger partial charge in [-0.15, -0.1) is 6.42 Å². The van der Waals surface area contributed by atoms with Gasteiger partial charge in [0.25, 0.3) is 5.91 Å². The number of aliphatic hydroxyl groups is 1. The summed E-state index contributed by atoms with van der Waals surface area (Å²) in [6, 6.07) is 5.65. The Morgan fingerprint density at radius 1 is 1.26 bits per heavy atom. The van der Waals surface area contributed by atoms with Crippen molar-refractivity contribution in [3.8, 4) is 18.1 Å². The van der Waals surface area contributed by atoms with Gasteiger partial charge in [0, 0.05) is 23.6 Å². The van der Waals surface area contributed by atoms with Crippen LogP contribution in [0.15, 0.2) is 30.3 Å². The van der Waals surface area contributed by atoms with E-state index in [1.807, 2.05) is 6.92 Å². The van der Waals surface area contributed by atoms with E-state index in [-0.39, 0.29) is 17.3 Å². The van der Waals surface area contributed by atoms with Gasteiger partial charge in [-0.3, -0.25) is 4.79 Å². The maximum atomic E-state index is 15.4. The Labute approximate surface area is 219 Å². The molecule has 0 fully saturated rings. The lowest BCUT2D eigenvalue weighted by Crippen LogP contribution is -2.52. The highest BCUT2D eigenvalue weighted by atomic mass is 19.3. The molecule has 10 heteroatoms. The highest BCUT2D eigenvalue weighted by molar-refractivity contribution is 6.05. The monoisotopic (exact) mass is 526 g/mol. The summed E-state index contributed by atoms with van der Waals surface area (Å²) in [4.78, 5) is 23.4. The number of amides is 1. The molecule has 4 rings (SSSR count). The summed E-state index contributed by atoms with van der Waals surface area (Å²) < 4.78 is 51.1. The Hall–Kier alpha value is -3.84. The minimum atomic E-state index is -3.88. The molecule has 2 N–H and O–H groups in total. The normalized spacial score (nSPS) is 16.0. The van der Waals surface area contributed by atoms with E-state index in [2.05, 4.69) is 21.2 Å². The van der Waals surface area contributed by atoms with Gasteiger partial charge in [-0.05, 0) is 53.7 Å². The first-order valence-corrected chi connectivity index (χ1v) is 12.1. The maximum absolute atomic E-state index is 15.4. The number of fused-ring (bicyclic) bond motifs is 2. The zero-order valence-electron chi connectivity index (χ0n) is 22.0. The van der Waals surface area contributed by atoms with Gasteiger partial charge < -0.3 is 20.1 Å². The molecule has 2 aromatic carbocycles. The molecule has 38 heavy (non-hydrogen) atoms. The summed E-state index contributed by atoms with van der Waals surface area (Å²) in [5, 5.41) is 13.4. The molecule has 0 radical (unpaired) electrons. The second-order valence-corrected chi connectivity index (χ2v) is 10.2. The Kier molecular flexibility index (Phi) is 6.56. The zero-order valence-corrected chi connectivity index (χ0v) is 22.0. The van der Waals surface area contributed by atoms with Crippen molar-refractivity contribution < 1.29 is 27.8 Å². The lowest BCUT2D eigenvalue weighted by atomic mass is 9.90. The number of benzene rings is 2. The average molecular weight is 527 g/mol. The number of aryl methyl sites for hydroxylation is 1. The first-order chi connectivity index (χ1) is 17.6. The van der Waals surface area contributed by atoms with Crippen LogP contribution in [-0.2, 0) is 10.7 Å². The summed E-state index contributed by atoms with van der Waals surface area (Å²) in [7, 11) is 0. The quantitative estimate of drug-likeness (QED) is 0.427. The summed E-state index contributed by atoms with van der Waals surface area (Å²) in [5.74, 6) is -1.87. The van der Waals surface area contributed by atoms with E-state index >= 15 is 4.39 Å². The van der Waals surface area contributed by atoms with Crippen molar-refractivity contribution in [1.82, 2.24) is 9.97 Å². The maximum Gasteiger partial charge on any atom is 0.303 e. The van der Waals surface area contributed by atoms with Gasteiger partial charge in [0.05, 0.1) is 16.8 Å². The number of nitrogens with zero attached hydrogens (tertiary/aromatic N) is 3. The van der Waals surface area contributed by atoms with E-state index in [1.165, 1.54) is 12.1 Å². The zero-order chi connectivity index (χ0) is 28.2. The predicted octanol–water partition coefficient (Wildman–Crippen LogP) is 5.25. The van der Waals surface area contributed by atoms with Crippen molar-refractivity contribution in [1.29, 1.82) is 0 Å². The molecule has 0 spiro atoms. The number of ether oxygens (including phenoxy) is 1. The van der Waals surface area contributed by atoms with Gasteiger partial charge in [-0.2, -0.15) is 8.78 Å². The first kappa shape index (κ1) is 27.2. The smallest absolute Gasteiger partial charge is 0.303 e. The lowest BCUT2D eigenvalue weighted by molar-refractivity contribution is -0.170. The van der Waals surface area contributed by atoms with Crippen molar-refractivity contribution in [2.75, 3.05) is 16.8 Å². The van der Waals surface area contributed by atoms with Gasteiger partial charge in [0.2, 0.25) is 0 Å². The molecule has 0 aliphatic carbocycles. The number of rotatable bonds is 6. The van der Waals surface area contributed by atoms with E-state index in [1.54, 1.807) is 37.8 Å². The second-order valence-electron chi connectivity index (χ2n) is 10.2. The van der Waals surface area contributed by atoms with Gasteiger partial charge >= 0.3 is 5.92 Å². The van der Waals surface area contributed by atoms with E-state index < -0.39 is 34.5 Å². The molecule has 0 saturated carbocycles. The van der Waals surface area contributed by atoms with Gasteiger partial charge in [-0.1, -0.05) is 18.1 Å². The number of alkyl halides is 2. The highest BCUT2D eigenvalue weighted by Gasteiger charge is 2.49. The topological polar surface area (TPSA) is 87.6 Å². The number of carbonyl (C=O) groups excluding carboxylic acids is 1. The fraction of sp³-hybridized carbons (Fsp3) is 0.393. The average Bonchev–Trinajstić information content (AvgIpc) is 2.81. The van der Waals surface area contributed by atoms with Crippen LogP contribution in [-0.4, -0.2) is 38.7 Å². The number of anilines is 2. The van der Waals surface area contributed by atoms with E-state index in [9.17, 15) is 18.7 Å². The number of hydrogen-bond acceptors (Lipinski definition) is 6. The number of likely N-dealkylation sites (N-methyl/N-ethyl adjacent to an activating group) is 1. The molecule has 0 unspecified atom stereocenters. The van der Waals surface area contributed by atoms with Gasteiger partial charge in [-0.25, -0.2) is 14.4 Å². The summed E-state index contributed by atoms with van der Waals surface area (Å²) in [5.41, 5.74) is -3.77. The third kappa shape index (κ3) is 4.41. The Morgan fingerprint density at radius 2 is 1.95 bits per heavy atom. The van der Waals surface area contributed by atoms with Crippen molar-refractivity contribution in [2.45, 2.75) is 64.7 Å². The van der Waals surface area contributed by atoms with Crippen LogP contribution in [0, 0.1) is 25.1 Å². The van der Waals surface area contributed by atoms with Crippen LogP contribution in [0.25, 0.3) is 10.9 Å². The standard InChI is InChI=1S/C28H29F3N4O3/c1-8-19(16-11-10-12-18(23(16)29)28(30,31)27(6,7)37)34-24-17-13-21-22(14-20(17)32-15(3)33-24)38-26(4,5)25(36)35(21)9-2/h1,10-14,19,37H,9H2,2-7H3,(H,32,33,34)/t19-/m1/s1. The molecular weight excluding hydrogens is 497 g/mol. The van der Waals surface area contributed by atoms with Crippen molar-refractivity contribution >= 4 is 28.3 Å². The molecule has 1 amide bonds. The van der Waals surface area contributed by atoms with E-state index in [4.69, 9.17) is 11.2 Å². The van der Waals surface area contributed by atoms with Crippen LogP contribution >= 0.6 is 0 Å². The predicted molar refractivity (Wildman–Crippen MR) is 139 cm³/mol. The number of nitrogens with one attached hydrogen (secondary N) is 1. The lowest BCUT2D eigenvalue weighted by Gasteiger charge is -2.38. The van der Waals surface area contributed by atoms with Crippen LogP contribution in [0.1, 0.15) is 57.6 Å². The highest BCUT2D eigenvalue weighted by Crippen LogP contribution is 2.43. The number of hydrogen-bond donors (Lipinski definition) is 2. The minimum Gasteiger partial charge on any atom is -0.476 e. The summed E-state index contributed by atoms with van der Waals surface area (Å²) in [6.07, 6.45) is 5.72. The Morgan fingerprint density at radius 3 is 2.55 bits per heavy atom. The van der Waals surface area contributed by atoms with Crippen LogP contribution in [0.5, 0.6) is 5.75 Å². The van der Waals surface area contributed by atoms with E-state index in [0.29, 0.717) is 34.7 Å². The third-order valence-corrected chi connectivity index (χ3v) is 6.51. The SMILES string of the molecule is C#C[C@@H](Nc1nc(C)nc2cc3c(cc12)N(CC)C(=O)C(C)(C)O3)c1cccc(C(F)(F)C(C)(C)O)c1F. The molecule has 0 saturated heterocycles. The molecule has 1 aliphatic heterocycles. The number of terminal acetylenes is 1. The summed E-state index contributed by atoms with van der Waals surface area (Å²) >= 11 is 0. The fourth-order valence-electron chi connectivity index (χ4n) is 4.42. The molecule has 7 nitrogen and oxygen atoms in total. The molecule has 2 heterocycles. The Balaban J connectivity index is 1.83. The molecular formula is C28H29F3N4O3. The molecule has 1 atom stereocenters. The van der Waals surface area contributed by atoms with Crippen LogP contribution in [0.4, 0.5) is 24.7 Å². The minimum absolute atomic E-state index is 0.216. The molecule has 1 aliphatic rings. The fourth-order valence-corrected chi connectivity index (χ4v) is 4.42. The number of halogens is 3. The van der Waals surface area contributed by atoms with Crippen molar-refractivity contribution in [3.05, 3.63) is 53.1 Å². The molecule has 1 aromatic heterocycles.